The molecule has 0 fully saturated rings. The van der Waals surface area contributed by atoms with Gasteiger partial charge in [-0.2, -0.15) is 0 Å². The molecule has 0 spiro atoms. The largest absolute Gasteiger partial charge is 0.489 e. The van der Waals surface area contributed by atoms with Crippen molar-refractivity contribution in [1.29, 1.82) is 0 Å². The van der Waals surface area contributed by atoms with Gasteiger partial charge in [-0.05, 0) is 38.5 Å². The number of hydrogen-bond donors (Lipinski definition) is 2. The van der Waals surface area contributed by atoms with E-state index in [-0.39, 0.29) is 18.5 Å². The lowest BCUT2D eigenvalue weighted by atomic mass is 10.2. The summed E-state index contributed by atoms with van der Waals surface area (Å²) in [5.74, 6) is 1.55. The van der Waals surface area contributed by atoms with Crippen molar-refractivity contribution in [2.45, 2.75) is 26.9 Å². The van der Waals surface area contributed by atoms with Crippen LogP contribution in [-0.4, -0.2) is 65.3 Å². The first-order valence-corrected chi connectivity index (χ1v) is 10.9. The lowest BCUT2D eigenvalue weighted by Crippen LogP contribution is -2.39. The van der Waals surface area contributed by atoms with Gasteiger partial charge in [-0.25, -0.2) is 13.4 Å². The minimum absolute atomic E-state index is 0.0367. The van der Waals surface area contributed by atoms with Gasteiger partial charge in [0.25, 0.3) is 0 Å². The molecular weight excluding hydrogens is 354 g/mol. The zero-order valence-corrected chi connectivity index (χ0v) is 16.9. The standard InChI is InChI=1S/C18H31N3O4S/c1-5-19-18(20-9-10-24-11-12-26(4,22)23)21-14-16(3)25-17-8-6-7-15(2)13-17/h6-8,13,16H,5,9-12,14H2,1-4H3,(H2,19,20,21). The highest BCUT2D eigenvalue weighted by Gasteiger charge is 2.05. The number of hydrogen-bond acceptors (Lipinski definition) is 5. The van der Waals surface area contributed by atoms with E-state index in [0.717, 1.165) is 17.9 Å². The zero-order chi connectivity index (χ0) is 19.4. The Morgan fingerprint density at radius 2 is 2.04 bits per heavy atom. The van der Waals surface area contributed by atoms with Gasteiger partial charge in [0.05, 0.1) is 25.5 Å². The van der Waals surface area contributed by atoms with E-state index in [0.29, 0.717) is 25.7 Å². The lowest BCUT2D eigenvalue weighted by Gasteiger charge is -2.15. The molecule has 1 rings (SSSR count). The third-order valence-electron chi connectivity index (χ3n) is 3.31. The predicted molar refractivity (Wildman–Crippen MR) is 106 cm³/mol. The van der Waals surface area contributed by atoms with Crippen LogP contribution in [0.2, 0.25) is 0 Å². The zero-order valence-electron chi connectivity index (χ0n) is 16.1. The average molecular weight is 386 g/mol. The molecule has 1 unspecified atom stereocenters. The molecule has 148 valence electrons. The minimum Gasteiger partial charge on any atom is -0.489 e. The maximum atomic E-state index is 11.0. The van der Waals surface area contributed by atoms with Crippen molar-refractivity contribution >= 4 is 15.8 Å². The molecule has 0 saturated heterocycles. The predicted octanol–water partition coefficient (Wildman–Crippen LogP) is 1.38. The molecule has 2 N–H and O–H groups in total. The fraction of sp³-hybridized carbons (Fsp3) is 0.611. The third-order valence-corrected chi connectivity index (χ3v) is 4.22. The molecule has 0 heterocycles. The minimum atomic E-state index is -2.98. The summed E-state index contributed by atoms with van der Waals surface area (Å²) in [4.78, 5) is 4.51. The topological polar surface area (TPSA) is 89.0 Å². The maximum Gasteiger partial charge on any atom is 0.191 e. The number of aliphatic imine (C=N–C) groups is 1. The Balaban J connectivity index is 2.35. The monoisotopic (exact) mass is 385 g/mol. The highest BCUT2D eigenvalue weighted by Crippen LogP contribution is 2.14. The van der Waals surface area contributed by atoms with Gasteiger partial charge in [0.2, 0.25) is 0 Å². The quantitative estimate of drug-likeness (QED) is 0.340. The number of ether oxygens (including phenoxy) is 2. The van der Waals surface area contributed by atoms with Crippen LogP contribution in [0.5, 0.6) is 5.75 Å². The molecule has 26 heavy (non-hydrogen) atoms. The highest BCUT2D eigenvalue weighted by atomic mass is 32.2. The Labute approximate surface area is 157 Å². The summed E-state index contributed by atoms with van der Waals surface area (Å²) in [6.07, 6.45) is 1.14. The van der Waals surface area contributed by atoms with Crippen LogP contribution in [-0.2, 0) is 14.6 Å². The van der Waals surface area contributed by atoms with Gasteiger partial charge in [-0.1, -0.05) is 12.1 Å². The number of nitrogens with zero attached hydrogens (tertiary/aromatic N) is 1. The average Bonchev–Trinajstić information content (AvgIpc) is 2.54. The number of aryl methyl sites for hydroxylation is 1. The molecule has 0 amide bonds. The van der Waals surface area contributed by atoms with E-state index >= 15 is 0 Å². The first-order chi connectivity index (χ1) is 12.3. The van der Waals surface area contributed by atoms with Crippen LogP contribution >= 0.6 is 0 Å². The summed E-state index contributed by atoms with van der Waals surface area (Å²) < 4.78 is 33.2. The Kier molecular flexibility index (Phi) is 10.0. The van der Waals surface area contributed by atoms with E-state index in [9.17, 15) is 8.42 Å². The summed E-state index contributed by atoms with van der Waals surface area (Å²) in [5.41, 5.74) is 1.16. The number of nitrogens with one attached hydrogen (secondary N) is 2. The van der Waals surface area contributed by atoms with Crippen LogP contribution in [0.1, 0.15) is 19.4 Å². The number of rotatable bonds is 11. The normalized spacial score (nSPS) is 13.3. The smallest absolute Gasteiger partial charge is 0.191 e. The van der Waals surface area contributed by atoms with Crippen molar-refractivity contribution in [2.75, 3.05) is 44.9 Å². The molecule has 0 aliphatic rings. The van der Waals surface area contributed by atoms with Gasteiger partial charge in [0.1, 0.15) is 21.7 Å². The summed E-state index contributed by atoms with van der Waals surface area (Å²) in [7, 11) is -2.98. The molecule has 0 aliphatic carbocycles. The Bertz CT molecular complexity index is 662. The molecule has 1 atom stereocenters. The van der Waals surface area contributed by atoms with Gasteiger partial charge in [-0.15, -0.1) is 0 Å². The molecule has 0 radical (unpaired) electrons. The SMILES string of the molecule is CCNC(=NCC(C)Oc1cccc(C)c1)NCCOCCS(C)(=O)=O. The van der Waals surface area contributed by atoms with Crippen molar-refractivity contribution < 1.29 is 17.9 Å². The molecule has 0 bridgehead atoms. The first-order valence-electron chi connectivity index (χ1n) is 8.81. The second kappa shape index (κ2) is 11.7. The van der Waals surface area contributed by atoms with Crippen molar-refractivity contribution in [2.24, 2.45) is 4.99 Å². The molecule has 0 saturated carbocycles. The molecule has 1 aromatic rings. The summed E-state index contributed by atoms with van der Waals surface area (Å²) in [6.45, 7) is 8.41. The van der Waals surface area contributed by atoms with Crippen LogP contribution in [0.15, 0.2) is 29.3 Å². The molecule has 1 aromatic carbocycles. The van der Waals surface area contributed by atoms with Crippen LogP contribution in [0.4, 0.5) is 0 Å². The van der Waals surface area contributed by atoms with Gasteiger partial charge < -0.3 is 20.1 Å². The Morgan fingerprint density at radius 3 is 2.69 bits per heavy atom. The second-order valence-electron chi connectivity index (χ2n) is 6.13. The maximum absolute atomic E-state index is 11.0. The van der Waals surface area contributed by atoms with Crippen molar-refractivity contribution in [3.8, 4) is 5.75 Å². The number of sulfone groups is 1. The van der Waals surface area contributed by atoms with Crippen LogP contribution in [0, 0.1) is 6.92 Å². The van der Waals surface area contributed by atoms with Crippen molar-refractivity contribution in [3.05, 3.63) is 29.8 Å². The Hall–Kier alpha value is -1.80. The summed E-state index contributed by atoms with van der Waals surface area (Å²) >= 11 is 0. The Morgan fingerprint density at radius 1 is 1.27 bits per heavy atom. The number of guanidine groups is 1. The van der Waals surface area contributed by atoms with Crippen LogP contribution in [0.3, 0.4) is 0 Å². The second-order valence-corrected chi connectivity index (χ2v) is 8.39. The fourth-order valence-electron chi connectivity index (χ4n) is 2.07. The first kappa shape index (κ1) is 22.2. The van der Waals surface area contributed by atoms with Gasteiger partial charge in [0.15, 0.2) is 5.96 Å². The molecule has 7 nitrogen and oxygen atoms in total. The van der Waals surface area contributed by atoms with E-state index in [2.05, 4.69) is 15.6 Å². The van der Waals surface area contributed by atoms with Crippen LogP contribution < -0.4 is 15.4 Å². The van der Waals surface area contributed by atoms with E-state index in [1.54, 1.807) is 0 Å². The third kappa shape index (κ3) is 10.9. The molecular formula is C18H31N3O4S. The van der Waals surface area contributed by atoms with E-state index < -0.39 is 9.84 Å². The van der Waals surface area contributed by atoms with Gasteiger partial charge in [-0.3, -0.25) is 0 Å². The summed E-state index contributed by atoms with van der Waals surface area (Å²) in [6, 6.07) is 7.93. The van der Waals surface area contributed by atoms with Gasteiger partial charge in [0, 0.05) is 19.3 Å². The molecule has 8 heteroatoms. The van der Waals surface area contributed by atoms with Crippen molar-refractivity contribution in [1.82, 2.24) is 10.6 Å². The van der Waals surface area contributed by atoms with E-state index in [1.165, 1.54) is 6.26 Å². The van der Waals surface area contributed by atoms with E-state index in [1.807, 2.05) is 45.0 Å². The highest BCUT2D eigenvalue weighted by molar-refractivity contribution is 7.90. The van der Waals surface area contributed by atoms with Crippen molar-refractivity contribution in [3.63, 3.8) is 0 Å². The number of benzene rings is 1. The fourth-order valence-corrected chi connectivity index (χ4v) is 2.49. The molecule has 0 aromatic heterocycles. The van der Waals surface area contributed by atoms with Gasteiger partial charge >= 0.3 is 0 Å². The lowest BCUT2D eigenvalue weighted by molar-refractivity contribution is 0.154. The van der Waals surface area contributed by atoms with E-state index in [4.69, 9.17) is 9.47 Å². The molecule has 0 aliphatic heterocycles. The van der Waals surface area contributed by atoms with Crippen LogP contribution in [0.25, 0.3) is 0 Å². The summed E-state index contributed by atoms with van der Waals surface area (Å²) in [5, 5.41) is 6.31.